The molecule has 0 rings (SSSR count). The highest BCUT2D eigenvalue weighted by molar-refractivity contribution is 4.66. The molecule has 0 aromatic carbocycles. The maximum absolute atomic E-state index is 2.42. The van der Waals surface area contributed by atoms with Crippen molar-refractivity contribution in [3.8, 4) is 0 Å². The summed E-state index contributed by atoms with van der Waals surface area (Å²) in [5.74, 6) is 0.913. The van der Waals surface area contributed by atoms with E-state index in [1.807, 2.05) is 0 Å². The Labute approximate surface area is 104 Å². The predicted molar refractivity (Wildman–Crippen MR) is 75.8 cm³/mol. The molecule has 0 fully saturated rings. The lowest BCUT2D eigenvalue weighted by atomic mass is 9.83. The number of unbranched alkanes of at least 4 members (excludes halogenated alkanes) is 6. The Balaban J connectivity index is 3.25. The van der Waals surface area contributed by atoms with E-state index >= 15 is 0 Å². The van der Waals surface area contributed by atoms with Gasteiger partial charge in [0, 0.05) is 0 Å². The molecule has 0 spiro atoms. The SMILES string of the molecule is CCCCCCCCCC(C)CC(C)(C)C. The van der Waals surface area contributed by atoms with Crippen LogP contribution in [0, 0.1) is 11.3 Å². The third-order valence-electron chi connectivity index (χ3n) is 3.26. The van der Waals surface area contributed by atoms with E-state index in [4.69, 9.17) is 0 Å². The van der Waals surface area contributed by atoms with Crippen molar-refractivity contribution >= 4 is 0 Å². The number of hydrogen-bond donors (Lipinski definition) is 0. The van der Waals surface area contributed by atoms with Crippen molar-refractivity contribution in [1.29, 1.82) is 0 Å². The van der Waals surface area contributed by atoms with Gasteiger partial charge in [-0.3, -0.25) is 0 Å². The Morgan fingerprint density at radius 3 is 1.81 bits per heavy atom. The van der Waals surface area contributed by atoms with Gasteiger partial charge in [-0.1, -0.05) is 86.0 Å². The van der Waals surface area contributed by atoms with Crippen LogP contribution in [0.2, 0.25) is 0 Å². The first-order chi connectivity index (χ1) is 7.45. The van der Waals surface area contributed by atoms with Crippen molar-refractivity contribution in [1.82, 2.24) is 0 Å². The number of rotatable bonds is 9. The maximum atomic E-state index is 2.42. The van der Waals surface area contributed by atoms with Crippen LogP contribution < -0.4 is 0 Å². The highest BCUT2D eigenvalue weighted by atomic mass is 14.2. The van der Waals surface area contributed by atoms with Crippen LogP contribution in [0.5, 0.6) is 0 Å². The lowest BCUT2D eigenvalue weighted by Crippen LogP contribution is -2.10. The quantitative estimate of drug-likeness (QED) is 0.411. The predicted octanol–water partition coefficient (Wildman–Crippen LogP) is 6.20. The second-order valence-electron chi connectivity index (χ2n) is 6.78. The molecule has 0 aliphatic heterocycles. The van der Waals surface area contributed by atoms with Crippen LogP contribution in [0.15, 0.2) is 0 Å². The van der Waals surface area contributed by atoms with Gasteiger partial charge in [-0.2, -0.15) is 0 Å². The van der Waals surface area contributed by atoms with Gasteiger partial charge in [0.05, 0.1) is 0 Å². The van der Waals surface area contributed by atoms with E-state index in [9.17, 15) is 0 Å². The zero-order valence-electron chi connectivity index (χ0n) is 12.4. The smallest absolute Gasteiger partial charge is 0.0380 e. The Bertz CT molecular complexity index is 141. The molecule has 16 heavy (non-hydrogen) atoms. The van der Waals surface area contributed by atoms with E-state index in [0.717, 1.165) is 5.92 Å². The van der Waals surface area contributed by atoms with Crippen molar-refractivity contribution in [2.75, 3.05) is 0 Å². The summed E-state index contributed by atoms with van der Waals surface area (Å²) in [4.78, 5) is 0. The summed E-state index contributed by atoms with van der Waals surface area (Å²) in [5.41, 5.74) is 0.514. The van der Waals surface area contributed by atoms with Crippen molar-refractivity contribution in [3.05, 3.63) is 0 Å². The molecule has 0 heteroatoms. The van der Waals surface area contributed by atoms with Crippen molar-refractivity contribution in [3.63, 3.8) is 0 Å². The van der Waals surface area contributed by atoms with Crippen LogP contribution in [0.4, 0.5) is 0 Å². The first kappa shape index (κ1) is 16.0. The Morgan fingerprint density at radius 1 is 0.812 bits per heavy atom. The summed E-state index contributed by atoms with van der Waals surface area (Å²) in [6.07, 6.45) is 12.9. The van der Waals surface area contributed by atoms with Gasteiger partial charge in [0.2, 0.25) is 0 Å². The highest BCUT2D eigenvalue weighted by Gasteiger charge is 2.14. The molecule has 1 unspecified atom stereocenters. The van der Waals surface area contributed by atoms with E-state index in [1.54, 1.807) is 0 Å². The van der Waals surface area contributed by atoms with Crippen molar-refractivity contribution in [2.24, 2.45) is 11.3 Å². The molecule has 0 amide bonds. The van der Waals surface area contributed by atoms with Gasteiger partial charge in [-0.25, -0.2) is 0 Å². The van der Waals surface area contributed by atoms with Crippen LogP contribution >= 0.6 is 0 Å². The largest absolute Gasteiger partial charge is 0.0654 e. The summed E-state index contributed by atoms with van der Waals surface area (Å²) in [7, 11) is 0. The normalized spacial score (nSPS) is 14.1. The highest BCUT2D eigenvalue weighted by Crippen LogP contribution is 2.27. The van der Waals surface area contributed by atoms with Crippen LogP contribution in [-0.2, 0) is 0 Å². The molecule has 0 saturated carbocycles. The lowest BCUT2D eigenvalue weighted by molar-refractivity contribution is 0.291. The van der Waals surface area contributed by atoms with E-state index < -0.39 is 0 Å². The molecule has 1 atom stereocenters. The fourth-order valence-corrected chi connectivity index (χ4v) is 2.60. The van der Waals surface area contributed by atoms with E-state index in [1.165, 1.54) is 57.8 Å². The number of hydrogen-bond acceptors (Lipinski definition) is 0. The molecule has 0 aliphatic rings. The molecule has 0 N–H and O–H groups in total. The third-order valence-corrected chi connectivity index (χ3v) is 3.26. The molecule has 0 aliphatic carbocycles. The molecule has 0 saturated heterocycles. The summed E-state index contributed by atoms with van der Waals surface area (Å²) >= 11 is 0. The lowest BCUT2D eigenvalue weighted by Gasteiger charge is -2.23. The molecule has 0 aromatic rings. The zero-order chi connectivity index (χ0) is 12.4. The van der Waals surface area contributed by atoms with Gasteiger partial charge in [-0.05, 0) is 17.8 Å². The minimum atomic E-state index is 0.514. The standard InChI is InChI=1S/C16H34/c1-6-7-8-9-10-11-12-13-15(2)14-16(3,4)5/h15H,6-14H2,1-5H3. The van der Waals surface area contributed by atoms with E-state index in [0.29, 0.717) is 5.41 Å². The van der Waals surface area contributed by atoms with Crippen molar-refractivity contribution in [2.45, 2.75) is 92.4 Å². The Morgan fingerprint density at radius 2 is 1.31 bits per heavy atom. The van der Waals surface area contributed by atoms with Gasteiger partial charge in [0.25, 0.3) is 0 Å². The molecule has 0 radical (unpaired) electrons. The minimum absolute atomic E-state index is 0.514. The van der Waals surface area contributed by atoms with E-state index in [-0.39, 0.29) is 0 Å². The second kappa shape index (κ2) is 9.07. The fraction of sp³-hybridized carbons (Fsp3) is 1.00. The monoisotopic (exact) mass is 226 g/mol. The molecule has 0 aromatic heterocycles. The summed E-state index contributed by atoms with van der Waals surface area (Å²) in [6, 6.07) is 0. The topological polar surface area (TPSA) is 0 Å². The summed E-state index contributed by atoms with van der Waals surface area (Å²) in [5, 5.41) is 0. The Hall–Kier alpha value is 0. The average Bonchev–Trinajstić information content (AvgIpc) is 2.13. The summed E-state index contributed by atoms with van der Waals surface area (Å²) in [6.45, 7) is 11.8. The molecule has 0 nitrogen and oxygen atoms in total. The van der Waals surface area contributed by atoms with E-state index in [2.05, 4.69) is 34.6 Å². The first-order valence-electron chi connectivity index (χ1n) is 7.45. The van der Waals surface area contributed by atoms with Gasteiger partial charge < -0.3 is 0 Å². The molecule has 98 valence electrons. The molecular weight excluding hydrogens is 192 g/mol. The first-order valence-corrected chi connectivity index (χ1v) is 7.45. The van der Waals surface area contributed by atoms with Gasteiger partial charge in [-0.15, -0.1) is 0 Å². The van der Waals surface area contributed by atoms with Gasteiger partial charge in [0.15, 0.2) is 0 Å². The zero-order valence-corrected chi connectivity index (χ0v) is 12.4. The van der Waals surface area contributed by atoms with Crippen LogP contribution in [0.1, 0.15) is 92.4 Å². The molecular formula is C16H34. The van der Waals surface area contributed by atoms with Crippen molar-refractivity contribution < 1.29 is 0 Å². The maximum Gasteiger partial charge on any atom is -0.0380 e. The third kappa shape index (κ3) is 12.1. The van der Waals surface area contributed by atoms with Crippen LogP contribution in [0.25, 0.3) is 0 Å². The average molecular weight is 226 g/mol. The summed E-state index contributed by atoms with van der Waals surface area (Å²) < 4.78 is 0. The van der Waals surface area contributed by atoms with Gasteiger partial charge >= 0.3 is 0 Å². The fourth-order valence-electron chi connectivity index (χ4n) is 2.60. The second-order valence-corrected chi connectivity index (χ2v) is 6.78. The minimum Gasteiger partial charge on any atom is -0.0654 e. The van der Waals surface area contributed by atoms with Crippen LogP contribution in [-0.4, -0.2) is 0 Å². The van der Waals surface area contributed by atoms with Crippen LogP contribution in [0.3, 0.4) is 0 Å². The molecule has 0 bridgehead atoms. The van der Waals surface area contributed by atoms with Gasteiger partial charge in [0.1, 0.15) is 0 Å². The molecule has 0 heterocycles. The Kier molecular flexibility index (Phi) is 9.07.